The van der Waals surface area contributed by atoms with Crippen LogP contribution in [0, 0.1) is 6.92 Å². The van der Waals surface area contributed by atoms with Crippen molar-refractivity contribution in [3.05, 3.63) is 65.7 Å². The van der Waals surface area contributed by atoms with Gasteiger partial charge in [-0.25, -0.2) is 9.97 Å². The number of nitrogens with zero attached hydrogens (tertiary/aromatic N) is 3. The third kappa shape index (κ3) is 4.93. The van der Waals surface area contributed by atoms with Crippen molar-refractivity contribution in [1.82, 2.24) is 9.97 Å². The van der Waals surface area contributed by atoms with E-state index in [-0.39, 0.29) is 28.1 Å². The van der Waals surface area contributed by atoms with Crippen molar-refractivity contribution in [1.29, 1.82) is 0 Å². The molecule has 0 saturated carbocycles. The van der Waals surface area contributed by atoms with E-state index >= 15 is 0 Å². The number of pyridine rings is 2. The van der Waals surface area contributed by atoms with Crippen molar-refractivity contribution in [2.45, 2.75) is 30.6 Å². The SMILES string of the molecule is Cc1ccccc1-c1nc(NS(=O)(=O)c2cccc(N3CC[C@@H](N)C3)n2)ccc1C(F)(F)F. The molecule has 0 spiro atoms. The van der Waals surface area contributed by atoms with Gasteiger partial charge in [0.2, 0.25) is 0 Å². The summed E-state index contributed by atoms with van der Waals surface area (Å²) in [5.74, 6) is 0.225. The predicted molar refractivity (Wildman–Crippen MR) is 119 cm³/mol. The lowest BCUT2D eigenvalue weighted by atomic mass is 10.0. The summed E-state index contributed by atoms with van der Waals surface area (Å²) >= 11 is 0. The zero-order valence-electron chi connectivity index (χ0n) is 17.7. The Morgan fingerprint density at radius 1 is 1.06 bits per heavy atom. The van der Waals surface area contributed by atoms with Crippen LogP contribution in [0.2, 0.25) is 0 Å². The average molecular weight is 478 g/mol. The van der Waals surface area contributed by atoms with Crippen molar-refractivity contribution in [2.75, 3.05) is 22.7 Å². The van der Waals surface area contributed by atoms with E-state index in [2.05, 4.69) is 14.7 Å². The third-order valence-electron chi connectivity index (χ3n) is 5.37. The molecule has 3 N–H and O–H groups in total. The number of nitrogens with one attached hydrogen (secondary N) is 1. The van der Waals surface area contributed by atoms with Gasteiger partial charge >= 0.3 is 6.18 Å². The number of hydrogen-bond acceptors (Lipinski definition) is 6. The summed E-state index contributed by atoms with van der Waals surface area (Å²) in [4.78, 5) is 10.1. The summed E-state index contributed by atoms with van der Waals surface area (Å²) in [7, 11) is -4.20. The van der Waals surface area contributed by atoms with E-state index in [0.29, 0.717) is 24.5 Å². The molecule has 2 aromatic heterocycles. The van der Waals surface area contributed by atoms with Gasteiger partial charge in [-0.1, -0.05) is 30.3 Å². The molecular formula is C22H22F3N5O2S. The van der Waals surface area contributed by atoms with Crippen LogP contribution in [0.15, 0.2) is 59.6 Å². The monoisotopic (exact) mass is 477 g/mol. The van der Waals surface area contributed by atoms with Crippen LogP contribution in [-0.2, 0) is 16.2 Å². The average Bonchev–Trinajstić information content (AvgIpc) is 3.19. The second-order valence-corrected chi connectivity index (χ2v) is 9.47. The Kier molecular flexibility index (Phi) is 6.02. The van der Waals surface area contributed by atoms with E-state index in [0.717, 1.165) is 18.6 Å². The highest BCUT2D eigenvalue weighted by Gasteiger charge is 2.35. The van der Waals surface area contributed by atoms with Crippen LogP contribution in [0.25, 0.3) is 11.3 Å². The Balaban J connectivity index is 1.69. The smallest absolute Gasteiger partial charge is 0.355 e. The van der Waals surface area contributed by atoms with E-state index in [1.165, 1.54) is 12.1 Å². The van der Waals surface area contributed by atoms with Gasteiger partial charge < -0.3 is 10.6 Å². The van der Waals surface area contributed by atoms with Crippen molar-refractivity contribution in [2.24, 2.45) is 5.73 Å². The summed E-state index contributed by atoms with van der Waals surface area (Å²) < 4.78 is 69.0. The van der Waals surface area contributed by atoms with E-state index in [1.54, 1.807) is 37.3 Å². The maximum Gasteiger partial charge on any atom is 0.418 e. The van der Waals surface area contributed by atoms with Crippen LogP contribution in [-0.4, -0.2) is 37.5 Å². The number of benzene rings is 1. The fourth-order valence-electron chi connectivity index (χ4n) is 3.70. The van der Waals surface area contributed by atoms with Gasteiger partial charge in [-0.2, -0.15) is 21.6 Å². The number of anilines is 2. The van der Waals surface area contributed by atoms with Crippen molar-refractivity contribution >= 4 is 21.7 Å². The van der Waals surface area contributed by atoms with Crippen LogP contribution < -0.4 is 15.4 Å². The van der Waals surface area contributed by atoms with Crippen molar-refractivity contribution in [3.8, 4) is 11.3 Å². The zero-order chi connectivity index (χ0) is 23.8. The van der Waals surface area contributed by atoms with Gasteiger partial charge in [-0.3, -0.25) is 4.72 Å². The quantitative estimate of drug-likeness (QED) is 0.580. The Hall–Kier alpha value is -3.18. The first-order valence-corrected chi connectivity index (χ1v) is 11.7. The lowest BCUT2D eigenvalue weighted by molar-refractivity contribution is -0.137. The number of aromatic nitrogens is 2. The molecule has 0 unspecified atom stereocenters. The third-order valence-corrected chi connectivity index (χ3v) is 6.63. The maximum atomic E-state index is 13.6. The summed E-state index contributed by atoms with van der Waals surface area (Å²) in [5.41, 5.74) is 5.45. The lowest BCUT2D eigenvalue weighted by Gasteiger charge is -2.18. The Morgan fingerprint density at radius 2 is 1.82 bits per heavy atom. The van der Waals surface area contributed by atoms with Crippen LogP contribution >= 0.6 is 0 Å². The summed E-state index contributed by atoms with van der Waals surface area (Å²) in [6, 6.07) is 12.8. The Labute approximate surface area is 189 Å². The highest BCUT2D eigenvalue weighted by atomic mass is 32.2. The summed E-state index contributed by atoms with van der Waals surface area (Å²) in [5, 5.41) is -0.264. The zero-order valence-corrected chi connectivity index (χ0v) is 18.5. The molecule has 4 rings (SSSR count). The summed E-state index contributed by atoms with van der Waals surface area (Å²) in [6.07, 6.45) is -3.89. The molecule has 1 aromatic carbocycles. The van der Waals surface area contributed by atoms with Gasteiger partial charge in [0.05, 0.1) is 11.3 Å². The van der Waals surface area contributed by atoms with E-state index in [1.807, 2.05) is 4.90 Å². The molecule has 174 valence electrons. The van der Waals surface area contributed by atoms with Crippen LogP contribution in [0.5, 0.6) is 0 Å². The largest absolute Gasteiger partial charge is 0.418 e. The lowest BCUT2D eigenvalue weighted by Crippen LogP contribution is -2.27. The van der Waals surface area contributed by atoms with Crippen molar-refractivity contribution in [3.63, 3.8) is 0 Å². The maximum absolute atomic E-state index is 13.6. The van der Waals surface area contributed by atoms with Gasteiger partial charge in [0.15, 0.2) is 5.03 Å². The number of halogens is 3. The molecule has 0 radical (unpaired) electrons. The molecule has 0 aliphatic carbocycles. The van der Waals surface area contributed by atoms with Gasteiger partial charge in [-0.15, -0.1) is 0 Å². The molecule has 7 nitrogen and oxygen atoms in total. The van der Waals surface area contributed by atoms with E-state index in [9.17, 15) is 21.6 Å². The molecule has 0 amide bonds. The number of rotatable bonds is 5. The first-order chi connectivity index (χ1) is 15.5. The number of nitrogens with two attached hydrogens (primary N) is 1. The van der Waals surface area contributed by atoms with Crippen molar-refractivity contribution < 1.29 is 21.6 Å². The summed E-state index contributed by atoms with van der Waals surface area (Å²) in [6.45, 7) is 2.88. The Bertz CT molecular complexity index is 1280. The van der Waals surface area contributed by atoms with Gasteiger partial charge in [0.25, 0.3) is 10.0 Å². The first-order valence-electron chi connectivity index (χ1n) is 10.2. The Morgan fingerprint density at radius 3 is 2.48 bits per heavy atom. The van der Waals surface area contributed by atoms with E-state index in [4.69, 9.17) is 5.73 Å². The number of sulfonamides is 1. The number of aryl methyl sites for hydroxylation is 1. The minimum atomic E-state index is -4.66. The molecule has 11 heteroatoms. The fraction of sp³-hybridized carbons (Fsp3) is 0.273. The predicted octanol–water partition coefficient (Wildman–Crippen LogP) is 3.81. The van der Waals surface area contributed by atoms with Gasteiger partial charge in [-0.05, 0) is 43.2 Å². The molecule has 1 saturated heterocycles. The molecular weight excluding hydrogens is 455 g/mol. The fourth-order valence-corrected chi connectivity index (χ4v) is 4.67. The minimum absolute atomic E-state index is 0.0126. The van der Waals surface area contributed by atoms with Crippen LogP contribution in [0.3, 0.4) is 0 Å². The molecule has 0 bridgehead atoms. The second-order valence-electron chi connectivity index (χ2n) is 7.84. The number of alkyl halides is 3. The van der Waals surface area contributed by atoms with Crippen LogP contribution in [0.1, 0.15) is 17.5 Å². The second kappa shape index (κ2) is 8.64. The highest BCUT2D eigenvalue weighted by molar-refractivity contribution is 7.92. The molecule has 1 atom stereocenters. The van der Waals surface area contributed by atoms with Gasteiger partial charge in [0, 0.05) is 24.7 Å². The highest BCUT2D eigenvalue weighted by Crippen LogP contribution is 2.38. The molecule has 3 aromatic rings. The molecule has 1 aliphatic rings. The first kappa shape index (κ1) is 23.0. The molecule has 33 heavy (non-hydrogen) atoms. The molecule has 1 fully saturated rings. The van der Waals surface area contributed by atoms with E-state index < -0.39 is 21.8 Å². The normalized spacial score (nSPS) is 16.8. The molecule has 3 heterocycles. The number of hydrogen-bond donors (Lipinski definition) is 2. The topological polar surface area (TPSA) is 101 Å². The standard InChI is InChI=1S/C22H22F3N5O2S/c1-14-5-2-3-6-16(14)21-17(22(23,24)25)9-10-18(27-21)29-33(31,32)20-8-4-7-19(28-20)30-12-11-15(26)13-30/h2-10,15H,11-13,26H2,1H3,(H,27,29)/t15-/m1/s1. The van der Waals surface area contributed by atoms with Crippen LogP contribution in [0.4, 0.5) is 24.8 Å². The molecule has 1 aliphatic heterocycles. The minimum Gasteiger partial charge on any atom is -0.355 e. The van der Waals surface area contributed by atoms with Gasteiger partial charge in [0.1, 0.15) is 11.6 Å².